The Labute approximate surface area is 189 Å². The van der Waals surface area contributed by atoms with Crippen LogP contribution in [0.2, 0.25) is 0 Å². The molecule has 0 saturated carbocycles. The summed E-state index contributed by atoms with van der Waals surface area (Å²) >= 11 is 0. The average Bonchev–Trinajstić information content (AvgIpc) is 3.33. The van der Waals surface area contributed by atoms with E-state index in [9.17, 15) is 0 Å². The van der Waals surface area contributed by atoms with Gasteiger partial charge in [0.25, 0.3) is 0 Å². The fourth-order valence-corrected chi connectivity index (χ4v) is 2.61. The first kappa shape index (κ1) is 24.8. The van der Waals surface area contributed by atoms with Crippen molar-refractivity contribution < 1.29 is 41.3 Å². The van der Waals surface area contributed by atoms with Gasteiger partial charge in [0, 0.05) is 60.6 Å². The Morgan fingerprint density at radius 2 is 0.760 bits per heavy atom. The van der Waals surface area contributed by atoms with E-state index in [1.54, 1.807) is 0 Å². The van der Waals surface area contributed by atoms with Crippen molar-refractivity contribution in [2.24, 2.45) is 0 Å². The van der Waals surface area contributed by atoms with Crippen LogP contribution in [0.15, 0.2) is 71.4 Å². The van der Waals surface area contributed by atoms with Gasteiger partial charge in [-0.25, -0.2) is 0 Å². The maximum Gasteiger partial charge on any atom is 0.00834 e. The molecule has 0 spiro atoms. The molecule has 0 aliphatic heterocycles. The van der Waals surface area contributed by atoms with E-state index in [1.807, 2.05) is 0 Å². The number of rotatable bonds is 6. The Balaban J connectivity index is 0.000000339. The van der Waals surface area contributed by atoms with Crippen molar-refractivity contribution in [2.75, 3.05) is 0 Å². The van der Waals surface area contributed by atoms with Gasteiger partial charge in [-0.05, 0) is 19.3 Å². The Morgan fingerprint density at radius 3 is 0.920 bits per heavy atom. The fourth-order valence-electron chi connectivity index (χ4n) is 2.61. The Kier molecular flexibility index (Phi) is 17.1. The van der Waals surface area contributed by atoms with Crippen LogP contribution in [0, 0.1) is 60.6 Å². The molecule has 3 aliphatic carbocycles. The molecule has 0 aromatic rings. The zero-order valence-corrected chi connectivity index (χ0v) is 20.0. The normalized spacial score (nSPS) is 16.2. The second-order valence-electron chi connectivity index (χ2n) is 6.13. The van der Waals surface area contributed by atoms with Crippen molar-refractivity contribution in [2.45, 2.75) is 59.3 Å². The summed E-state index contributed by atoms with van der Waals surface area (Å²) < 4.78 is 0. The summed E-state index contributed by atoms with van der Waals surface area (Å²) in [5.41, 5.74) is 4.40. The largest absolute Gasteiger partial charge is 0.0764 e. The van der Waals surface area contributed by atoms with Gasteiger partial charge < -0.3 is 0 Å². The standard InChI is InChI=1S/3C8H11.Pr/c3*1-2-5-8-6-3-4-7-8;/h3*3-4,6-7H,2,5H2,1H3;. The van der Waals surface area contributed by atoms with E-state index in [-0.39, 0.29) is 41.3 Å². The minimum atomic E-state index is 0. The van der Waals surface area contributed by atoms with Gasteiger partial charge in [0.1, 0.15) is 0 Å². The van der Waals surface area contributed by atoms with Crippen LogP contribution in [0.3, 0.4) is 0 Å². The first-order valence-corrected chi connectivity index (χ1v) is 9.41. The Morgan fingerprint density at radius 1 is 0.480 bits per heavy atom. The summed E-state index contributed by atoms with van der Waals surface area (Å²) in [6.07, 6.45) is 33.0. The predicted octanol–water partition coefficient (Wildman–Crippen LogP) is 7.46. The number of hydrogen-bond acceptors (Lipinski definition) is 0. The van der Waals surface area contributed by atoms with Crippen LogP contribution >= 0.6 is 0 Å². The van der Waals surface area contributed by atoms with Crippen LogP contribution in [-0.2, 0) is 0 Å². The second-order valence-corrected chi connectivity index (χ2v) is 6.13. The topological polar surface area (TPSA) is 0 Å². The molecule has 0 saturated heterocycles. The minimum Gasteiger partial charge on any atom is -0.0764 e. The number of hydrogen-bond donors (Lipinski definition) is 0. The molecule has 4 radical (unpaired) electrons. The molecule has 0 amide bonds. The molecule has 0 aromatic carbocycles. The van der Waals surface area contributed by atoms with Gasteiger partial charge in [0.2, 0.25) is 0 Å². The van der Waals surface area contributed by atoms with Crippen LogP contribution in [0.1, 0.15) is 59.3 Å². The summed E-state index contributed by atoms with van der Waals surface area (Å²) in [4.78, 5) is 0. The van der Waals surface area contributed by atoms with Crippen LogP contribution in [0.25, 0.3) is 0 Å². The third-order valence-corrected chi connectivity index (χ3v) is 3.81. The summed E-state index contributed by atoms with van der Waals surface area (Å²) in [6, 6.07) is 0. The van der Waals surface area contributed by atoms with Gasteiger partial charge >= 0.3 is 0 Å². The molecule has 1 heteroatoms. The van der Waals surface area contributed by atoms with Crippen LogP contribution < -0.4 is 0 Å². The minimum absolute atomic E-state index is 0. The van der Waals surface area contributed by atoms with E-state index in [0.29, 0.717) is 0 Å². The van der Waals surface area contributed by atoms with Crippen LogP contribution in [0.4, 0.5) is 0 Å². The van der Waals surface area contributed by atoms with E-state index in [0.717, 1.165) is 0 Å². The molecular formula is C24H33Pr. The van der Waals surface area contributed by atoms with Gasteiger partial charge in [0.15, 0.2) is 0 Å². The molecule has 0 fully saturated rings. The van der Waals surface area contributed by atoms with E-state index >= 15 is 0 Å². The molecule has 3 aliphatic rings. The smallest absolute Gasteiger partial charge is 0.00834 e. The zero-order chi connectivity index (χ0) is 17.5. The van der Waals surface area contributed by atoms with Crippen molar-refractivity contribution in [3.8, 4) is 0 Å². The van der Waals surface area contributed by atoms with Gasteiger partial charge in [-0.15, -0.1) is 0 Å². The van der Waals surface area contributed by atoms with Crippen molar-refractivity contribution in [3.63, 3.8) is 0 Å². The third kappa shape index (κ3) is 12.7. The molecule has 0 bridgehead atoms. The zero-order valence-electron chi connectivity index (χ0n) is 16.2. The first-order chi connectivity index (χ1) is 11.8. The Hall–Kier alpha value is -0.196. The molecule has 25 heavy (non-hydrogen) atoms. The quantitative estimate of drug-likeness (QED) is 0.384. The maximum atomic E-state index is 2.20. The fraction of sp³-hybridized carbons (Fsp3) is 0.375. The monoisotopic (exact) mass is 462 g/mol. The predicted molar refractivity (Wildman–Crippen MR) is 109 cm³/mol. The van der Waals surface area contributed by atoms with E-state index < -0.39 is 0 Å². The molecular weight excluding hydrogens is 429 g/mol. The van der Waals surface area contributed by atoms with Crippen molar-refractivity contribution >= 4 is 0 Å². The first-order valence-electron chi connectivity index (χ1n) is 9.41. The van der Waals surface area contributed by atoms with Gasteiger partial charge in [-0.2, -0.15) is 0 Å². The summed E-state index contributed by atoms with van der Waals surface area (Å²) in [5.74, 6) is 0. The van der Waals surface area contributed by atoms with Crippen molar-refractivity contribution in [1.82, 2.24) is 0 Å². The van der Waals surface area contributed by atoms with Gasteiger partial charge in [0.05, 0.1) is 0 Å². The van der Waals surface area contributed by atoms with Crippen LogP contribution in [-0.4, -0.2) is 0 Å². The number of allylic oxidation sites excluding steroid dienone is 12. The summed E-state index contributed by atoms with van der Waals surface area (Å²) in [5, 5.41) is 0. The third-order valence-electron chi connectivity index (χ3n) is 3.81. The molecule has 0 unspecified atom stereocenters. The van der Waals surface area contributed by atoms with E-state index in [1.165, 1.54) is 55.2 Å². The van der Waals surface area contributed by atoms with Gasteiger partial charge in [-0.1, -0.05) is 111 Å². The van der Waals surface area contributed by atoms with Gasteiger partial charge in [-0.3, -0.25) is 0 Å². The summed E-state index contributed by atoms with van der Waals surface area (Å²) in [6.45, 7) is 6.60. The molecule has 0 nitrogen and oxygen atoms in total. The molecule has 3 rings (SSSR count). The van der Waals surface area contributed by atoms with E-state index in [2.05, 4.69) is 94.7 Å². The van der Waals surface area contributed by atoms with Crippen molar-refractivity contribution in [1.29, 1.82) is 0 Å². The SMILES string of the molecule is CCCC1=CC=C[CH]1.CCCC1=CC=C[CH]1.CCCC1=CC=C[CH]1.[Pr]. The average molecular weight is 462 g/mol. The molecule has 0 heterocycles. The maximum absolute atomic E-state index is 2.20. The Bertz CT molecular complexity index is 436. The summed E-state index contributed by atoms with van der Waals surface area (Å²) in [7, 11) is 0. The second kappa shape index (κ2) is 17.2. The molecule has 0 aromatic heterocycles. The molecule has 132 valence electrons. The van der Waals surface area contributed by atoms with E-state index in [4.69, 9.17) is 0 Å². The molecule has 0 N–H and O–H groups in total. The molecule has 0 atom stereocenters. The van der Waals surface area contributed by atoms with Crippen LogP contribution in [0.5, 0.6) is 0 Å². The van der Waals surface area contributed by atoms with Crippen molar-refractivity contribution in [3.05, 3.63) is 90.7 Å².